The summed E-state index contributed by atoms with van der Waals surface area (Å²) in [4.78, 5) is 0.161. The van der Waals surface area contributed by atoms with Gasteiger partial charge in [0.15, 0.2) is 0 Å². The van der Waals surface area contributed by atoms with Gasteiger partial charge in [0.05, 0.1) is 17.4 Å². The molecular formula is C14H12N2O4S. The predicted molar refractivity (Wildman–Crippen MR) is 76.2 cm³/mol. The number of nitrogens with one attached hydrogen (secondary N) is 1. The van der Waals surface area contributed by atoms with Gasteiger partial charge in [-0.3, -0.25) is 0 Å². The van der Waals surface area contributed by atoms with Gasteiger partial charge in [-0.2, -0.15) is 0 Å². The Labute approximate surface area is 121 Å². The van der Waals surface area contributed by atoms with Crippen LogP contribution in [0.4, 0.5) is 5.88 Å². The predicted octanol–water partition coefficient (Wildman–Crippen LogP) is 3.04. The lowest BCUT2D eigenvalue weighted by molar-refractivity contribution is 0.438. The van der Waals surface area contributed by atoms with E-state index in [9.17, 15) is 8.42 Å². The van der Waals surface area contributed by atoms with E-state index in [4.69, 9.17) is 8.94 Å². The van der Waals surface area contributed by atoms with E-state index >= 15 is 0 Å². The van der Waals surface area contributed by atoms with Crippen molar-refractivity contribution in [2.75, 3.05) is 4.72 Å². The lowest BCUT2D eigenvalue weighted by Crippen LogP contribution is -2.12. The number of benzene rings is 1. The summed E-state index contributed by atoms with van der Waals surface area (Å²) in [5.74, 6) is 0.0479. The Bertz CT molecular complexity index is 833. The van der Waals surface area contributed by atoms with Crippen molar-refractivity contribution in [3.8, 4) is 11.3 Å². The van der Waals surface area contributed by atoms with Gasteiger partial charge in [-0.05, 0) is 25.1 Å². The summed E-state index contributed by atoms with van der Waals surface area (Å²) in [7, 11) is -3.69. The molecular weight excluding hydrogens is 292 g/mol. The average molecular weight is 304 g/mol. The number of furan rings is 1. The van der Waals surface area contributed by atoms with Crippen molar-refractivity contribution in [3.63, 3.8) is 0 Å². The summed E-state index contributed by atoms with van der Waals surface area (Å²) < 4.78 is 36.7. The van der Waals surface area contributed by atoms with Crippen LogP contribution in [0.2, 0.25) is 0 Å². The summed E-state index contributed by atoms with van der Waals surface area (Å²) in [5, 5.41) is 3.79. The molecule has 6 nitrogen and oxygen atoms in total. The third-order valence-electron chi connectivity index (χ3n) is 2.89. The van der Waals surface area contributed by atoms with E-state index in [-0.39, 0.29) is 10.8 Å². The Morgan fingerprint density at radius 2 is 1.90 bits per heavy atom. The number of rotatable bonds is 4. The first-order valence-corrected chi connectivity index (χ1v) is 7.62. The van der Waals surface area contributed by atoms with Crippen molar-refractivity contribution in [1.29, 1.82) is 0 Å². The van der Waals surface area contributed by atoms with Crippen LogP contribution in [0.3, 0.4) is 0 Å². The first-order chi connectivity index (χ1) is 10.0. The largest absolute Gasteiger partial charge is 0.472 e. The lowest BCUT2D eigenvalue weighted by Gasteiger charge is -2.04. The zero-order valence-electron chi connectivity index (χ0n) is 11.1. The van der Waals surface area contributed by atoms with Crippen molar-refractivity contribution in [2.24, 2.45) is 0 Å². The maximum absolute atomic E-state index is 12.2. The van der Waals surface area contributed by atoms with Crippen LogP contribution in [-0.4, -0.2) is 13.6 Å². The van der Waals surface area contributed by atoms with Crippen LogP contribution in [0, 0.1) is 6.92 Å². The normalized spacial score (nSPS) is 11.5. The zero-order chi connectivity index (χ0) is 14.9. The standard InChI is InChI=1S/C14H12N2O4S/c1-10-2-4-12(5-3-10)21(17,18)16-14-8-13(15-20-14)11-6-7-19-9-11/h2-9,16H,1H3. The molecule has 0 aliphatic rings. The molecule has 3 rings (SSSR count). The fourth-order valence-corrected chi connectivity index (χ4v) is 2.75. The molecule has 0 saturated heterocycles. The molecule has 0 aliphatic carbocycles. The van der Waals surface area contributed by atoms with Gasteiger partial charge in [-0.15, -0.1) is 0 Å². The maximum Gasteiger partial charge on any atom is 0.264 e. The van der Waals surface area contributed by atoms with Crippen molar-refractivity contribution in [3.05, 3.63) is 54.5 Å². The van der Waals surface area contributed by atoms with Crippen molar-refractivity contribution < 1.29 is 17.4 Å². The van der Waals surface area contributed by atoms with Crippen LogP contribution >= 0.6 is 0 Å². The number of aryl methyl sites for hydroxylation is 1. The van der Waals surface area contributed by atoms with Gasteiger partial charge in [-0.25, -0.2) is 13.1 Å². The van der Waals surface area contributed by atoms with Gasteiger partial charge in [0, 0.05) is 11.6 Å². The Balaban J connectivity index is 1.84. The van der Waals surface area contributed by atoms with Crippen molar-refractivity contribution >= 4 is 15.9 Å². The quantitative estimate of drug-likeness (QED) is 0.800. The van der Waals surface area contributed by atoms with Crippen LogP contribution in [0.25, 0.3) is 11.3 Å². The van der Waals surface area contributed by atoms with E-state index in [1.807, 2.05) is 6.92 Å². The fraction of sp³-hybridized carbons (Fsp3) is 0.0714. The van der Waals surface area contributed by atoms with Crippen molar-refractivity contribution in [1.82, 2.24) is 5.16 Å². The van der Waals surface area contributed by atoms with Crippen LogP contribution in [0.1, 0.15) is 5.56 Å². The van der Waals surface area contributed by atoms with Crippen LogP contribution in [0.5, 0.6) is 0 Å². The SMILES string of the molecule is Cc1ccc(S(=O)(=O)Nc2cc(-c3ccoc3)no2)cc1. The van der Waals surface area contributed by atoms with E-state index < -0.39 is 10.0 Å². The number of hydrogen-bond donors (Lipinski definition) is 1. The van der Waals surface area contributed by atoms with Crippen LogP contribution in [0.15, 0.2) is 62.8 Å². The average Bonchev–Trinajstić information content (AvgIpc) is 3.09. The van der Waals surface area contributed by atoms with E-state index in [1.54, 1.807) is 18.2 Å². The van der Waals surface area contributed by atoms with Gasteiger partial charge in [0.2, 0.25) is 5.88 Å². The first-order valence-electron chi connectivity index (χ1n) is 6.13. The second-order valence-corrected chi connectivity index (χ2v) is 6.19. The highest BCUT2D eigenvalue weighted by Crippen LogP contribution is 2.23. The monoisotopic (exact) mass is 304 g/mol. The summed E-state index contributed by atoms with van der Waals surface area (Å²) in [6.45, 7) is 1.89. The number of hydrogen-bond acceptors (Lipinski definition) is 5. The topological polar surface area (TPSA) is 85.3 Å². The highest BCUT2D eigenvalue weighted by Gasteiger charge is 2.17. The van der Waals surface area contributed by atoms with E-state index in [0.29, 0.717) is 11.3 Å². The lowest BCUT2D eigenvalue weighted by atomic mass is 10.2. The molecule has 0 aliphatic heterocycles. The van der Waals surface area contributed by atoms with Crippen LogP contribution < -0.4 is 4.72 Å². The molecule has 0 amide bonds. The summed E-state index contributed by atoms with van der Waals surface area (Å²) in [6, 6.07) is 9.72. The van der Waals surface area contributed by atoms with E-state index in [2.05, 4.69) is 9.88 Å². The number of aromatic nitrogens is 1. The molecule has 108 valence electrons. The molecule has 0 spiro atoms. The van der Waals surface area contributed by atoms with Gasteiger partial charge < -0.3 is 8.94 Å². The minimum atomic E-state index is -3.69. The molecule has 0 atom stereocenters. The third-order valence-corrected chi connectivity index (χ3v) is 4.26. The van der Waals surface area contributed by atoms with Crippen molar-refractivity contribution in [2.45, 2.75) is 11.8 Å². The molecule has 0 bridgehead atoms. The highest BCUT2D eigenvalue weighted by molar-refractivity contribution is 7.92. The van der Waals surface area contributed by atoms with Gasteiger partial charge in [0.1, 0.15) is 5.69 Å². The summed E-state index contributed by atoms with van der Waals surface area (Å²) >= 11 is 0. The van der Waals surface area contributed by atoms with Gasteiger partial charge in [-0.1, -0.05) is 22.9 Å². The molecule has 0 fully saturated rings. The Hall–Kier alpha value is -2.54. The molecule has 2 aromatic heterocycles. The Morgan fingerprint density at radius 1 is 1.14 bits per heavy atom. The number of anilines is 1. The van der Waals surface area contributed by atoms with Gasteiger partial charge >= 0.3 is 0 Å². The molecule has 1 N–H and O–H groups in total. The van der Waals surface area contributed by atoms with E-state index in [0.717, 1.165) is 5.56 Å². The number of sulfonamides is 1. The minimum Gasteiger partial charge on any atom is -0.472 e. The van der Waals surface area contributed by atoms with Gasteiger partial charge in [0.25, 0.3) is 10.0 Å². The Morgan fingerprint density at radius 3 is 2.57 bits per heavy atom. The molecule has 0 radical (unpaired) electrons. The maximum atomic E-state index is 12.2. The Kier molecular flexibility index (Phi) is 3.26. The summed E-state index contributed by atoms with van der Waals surface area (Å²) in [5.41, 5.74) is 2.18. The van der Waals surface area contributed by atoms with Crippen LogP contribution in [-0.2, 0) is 10.0 Å². The molecule has 0 unspecified atom stereocenters. The number of nitrogens with zero attached hydrogens (tertiary/aromatic N) is 1. The fourth-order valence-electron chi connectivity index (χ4n) is 1.78. The molecule has 21 heavy (non-hydrogen) atoms. The first kappa shape index (κ1) is 13.4. The molecule has 3 aromatic rings. The molecule has 7 heteroatoms. The third kappa shape index (κ3) is 2.82. The second kappa shape index (κ2) is 5.10. The highest BCUT2D eigenvalue weighted by atomic mass is 32.2. The smallest absolute Gasteiger partial charge is 0.264 e. The molecule has 1 aromatic carbocycles. The molecule has 2 heterocycles. The minimum absolute atomic E-state index is 0.0479. The zero-order valence-corrected chi connectivity index (χ0v) is 11.9. The summed E-state index contributed by atoms with van der Waals surface area (Å²) in [6.07, 6.45) is 3.00. The second-order valence-electron chi connectivity index (χ2n) is 4.51. The van der Waals surface area contributed by atoms with E-state index in [1.165, 1.54) is 30.7 Å². The molecule has 0 saturated carbocycles.